The number of nitrogens with one attached hydrogen (secondary N) is 1. The Hall–Kier alpha value is -1.06. The minimum Gasteiger partial charge on any atom is -0.493 e. The average molecular weight is 235 g/mol. The van der Waals surface area contributed by atoms with Gasteiger partial charge in [-0.1, -0.05) is 26.0 Å². The van der Waals surface area contributed by atoms with Gasteiger partial charge in [0.05, 0.1) is 13.2 Å². The van der Waals surface area contributed by atoms with E-state index in [-0.39, 0.29) is 6.61 Å². The summed E-state index contributed by atoms with van der Waals surface area (Å²) in [7, 11) is 0. The minimum atomic E-state index is 0.178. The van der Waals surface area contributed by atoms with Crippen LogP contribution < -0.4 is 10.1 Å². The molecule has 2 N–H and O–H groups in total. The standard InChI is InChI=1S/C14H21NO2/c1-10(2)14(15-6-7-16)12-3-4-13-11(9-12)5-8-17-13/h3-4,9-10,14-16H,5-8H2,1-2H3. The topological polar surface area (TPSA) is 41.5 Å². The second-order valence-electron chi connectivity index (χ2n) is 4.87. The Bertz CT molecular complexity index is 376. The zero-order valence-electron chi connectivity index (χ0n) is 10.6. The number of fused-ring (bicyclic) bond motifs is 1. The van der Waals surface area contributed by atoms with E-state index in [0.29, 0.717) is 18.5 Å². The van der Waals surface area contributed by atoms with Crippen LogP contribution in [0, 0.1) is 5.92 Å². The molecule has 0 amide bonds. The summed E-state index contributed by atoms with van der Waals surface area (Å²) in [6.07, 6.45) is 1.01. The van der Waals surface area contributed by atoms with Crippen molar-refractivity contribution in [3.63, 3.8) is 0 Å². The Balaban J connectivity index is 2.17. The predicted octanol–water partition coefficient (Wildman–Crippen LogP) is 1.90. The quantitative estimate of drug-likeness (QED) is 0.819. The molecule has 0 fully saturated rings. The van der Waals surface area contributed by atoms with Crippen molar-refractivity contribution in [2.24, 2.45) is 5.92 Å². The van der Waals surface area contributed by atoms with E-state index in [1.54, 1.807) is 0 Å². The van der Waals surface area contributed by atoms with Gasteiger partial charge in [0.2, 0.25) is 0 Å². The number of benzene rings is 1. The lowest BCUT2D eigenvalue weighted by molar-refractivity contribution is 0.274. The van der Waals surface area contributed by atoms with Crippen molar-refractivity contribution in [2.75, 3.05) is 19.8 Å². The number of aliphatic hydroxyl groups is 1. The van der Waals surface area contributed by atoms with Crippen molar-refractivity contribution in [1.82, 2.24) is 5.32 Å². The van der Waals surface area contributed by atoms with Gasteiger partial charge in [0, 0.05) is 19.0 Å². The molecule has 94 valence electrons. The van der Waals surface area contributed by atoms with E-state index in [0.717, 1.165) is 18.8 Å². The highest BCUT2D eigenvalue weighted by Gasteiger charge is 2.18. The molecule has 0 aliphatic carbocycles. The van der Waals surface area contributed by atoms with E-state index in [4.69, 9.17) is 9.84 Å². The Morgan fingerprint density at radius 3 is 2.94 bits per heavy atom. The molecule has 0 spiro atoms. The van der Waals surface area contributed by atoms with Crippen LogP contribution in [-0.4, -0.2) is 24.9 Å². The van der Waals surface area contributed by atoms with Crippen LogP contribution >= 0.6 is 0 Å². The lowest BCUT2D eigenvalue weighted by Crippen LogP contribution is -2.28. The largest absolute Gasteiger partial charge is 0.493 e. The maximum absolute atomic E-state index is 8.92. The summed E-state index contributed by atoms with van der Waals surface area (Å²) < 4.78 is 5.51. The summed E-state index contributed by atoms with van der Waals surface area (Å²) >= 11 is 0. The molecule has 0 saturated heterocycles. The first-order chi connectivity index (χ1) is 8.22. The highest BCUT2D eigenvalue weighted by atomic mass is 16.5. The van der Waals surface area contributed by atoms with Gasteiger partial charge in [-0.2, -0.15) is 0 Å². The van der Waals surface area contributed by atoms with Gasteiger partial charge < -0.3 is 15.2 Å². The van der Waals surface area contributed by atoms with E-state index in [1.165, 1.54) is 11.1 Å². The van der Waals surface area contributed by atoms with Crippen LogP contribution in [0.5, 0.6) is 5.75 Å². The number of hydrogen-bond donors (Lipinski definition) is 2. The Morgan fingerprint density at radius 1 is 1.41 bits per heavy atom. The van der Waals surface area contributed by atoms with Crippen molar-refractivity contribution in [3.8, 4) is 5.75 Å². The summed E-state index contributed by atoms with van der Waals surface area (Å²) in [4.78, 5) is 0. The molecule has 0 radical (unpaired) electrons. The van der Waals surface area contributed by atoms with Gasteiger partial charge >= 0.3 is 0 Å². The third kappa shape index (κ3) is 2.79. The fourth-order valence-corrected chi connectivity index (χ4v) is 2.36. The summed E-state index contributed by atoms with van der Waals surface area (Å²) in [6, 6.07) is 6.72. The molecular formula is C14H21NO2. The van der Waals surface area contributed by atoms with E-state index in [1.807, 2.05) is 0 Å². The second kappa shape index (κ2) is 5.52. The van der Waals surface area contributed by atoms with Gasteiger partial charge in [-0.25, -0.2) is 0 Å². The van der Waals surface area contributed by atoms with Crippen LogP contribution in [0.15, 0.2) is 18.2 Å². The van der Waals surface area contributed by atoms with Crippen LogP contribution in [0.4, 0.5) is 0 Å². The molecular weight excluding hydrogens is 214 g/mol. The third-order valence-electron chi connectivity index (χ3n) is 3.22. The van der Waals surface area contributed by atoms with Crippen LogP contribution in [0.25, 0.3) is 0 Å². The number of ether oxygens (including phenoxy) is 1. The first-order valence-corrected chi connectivity index (χ1v) is 6.32. The molecule has 17 heavy (non-hydrogen) atoms. The van der Waals surface area contributed by atoms with Crippen LogP contribution in [0.1, 0.15) is 31.0 Å². The molecule has 1 unspecified atom stereocenters. The molecule has 1 aromatic carbocycles. The van der Waals surface area contributed by atoms with E-state index >= 15 is 0 Å². The van der Waals surface area contributed by atoms with Crippen molar-refractivity contribution >= 4 is 0 Å². The second-order valence-corrected chi connectivity index (χ2v) is 4.87. The SMILES string of the molecule is CC(C)C(NCCO)c1ccc2c(c1)CCO2. The molecule has 1 atom stereocenters. The average Bonchev–Trinajstić information content (AvgIpc) is 2.76. The third-order valence-corrected chi connectivity index (χ3v) is 3.22. The lowest BCUT2D eigenvalue weighted by atomic mass is 9.94. The molecule has 1 aromatic rings. The van der Waals surface area contributed by atoms with Crippen molar-refractivity contribution in [2.45, 2.75) is 26.3 Å². The highest BCUT2D eigenvalue weighted by molar-refractivity contribution is 5.40. The molecule has 0 bridgehead atoms. The minimum absolute atomic E-state index is 0.178. The smallest absolute Gasteiger partial charge is 0.122 e. The highest BCUT2D eigenvalue weighted by Crippen LogP contribution is 2.30. The fraction of sp³-hybridized carbons (Fsp3) is 0.571. The first-order valence-electron chi connectivity index (χ1n) is 6.32. The van der Waals surface area contributed by atoms with Gasteiger partial charge in [0.25, 0.3) is 0 Å². The predicted molar refractivity (Wildman–Crippen MR) is 68.3 cm³/mol. The summed E-state index contributed by atoms with van der Waals surface area (Å²) in [5, 5.41) is 12.3. The maximum Gasteiger partial charge on any atom is 0.122 e. The van der Waals surface area contributed by atoms with Gasteiger partial charge in [0.1, 0.15) is 5.75 Å². The normalized spacial score (nSPS) is 15.8. The van der Waals surface area contributed by atoms with Crippen molar-refractivity contribution in [3.05, 3.63) is 29.3 Å². The van der Waals surface area contributed by atoms with Crippen LogP contribution in [-0.2, 0) is 6.42 Å². The molecule has 1 aliphatic heterocycles. The van der Waals surface area contributed by atoms with Crippen molar-refractivity contribution in [1.29, 1.82) is 0 Å². The number of rotatable bonds is 5. The monoisotopic (exact) mass is 235 g/mol. The fourth-order valence-electron chi connectivity index (χ4n) is 2.36. The molecule has 2 rings (SSSR count). The van der Waals surface area contributed by atoms with Gasteiger partial charge in [-0.05, 0) is 23.1 Å². The summed E-state index contributed by atoms with van der Waals surface area (Å²) in [5.74, 6) is 1.53. The Morgan fingerprint density at radius 2 is 2.24 bits per heavy atom. The summed E-state index contributed by atoms with van der Waals surface area (Å²) in [6.45, 7) is 6.00. The zero-order valence-corrected chi connectivity index (χ0v) is 10.6. The molecule has 3 heteroatoms. The van der Waals surface area contributed by atoms with Gasteiger partial charge in [-0.3, -0.25) is 0 Å². The van der Waals surface area contributed by atoms with Gasteiger partial charge in [0.15, 0.2) is 0 Å². The van der Waals surface area contributed by atoms with Crippen LogP contribution in [0.3, 0.4) is 0 Å². The van der Waals surface area contributed by atoms with Gasteiger partial charge in [-0.15, -0.1) is 0 Å². The first kappa shape index (κ1) is 12.4. The maximum atomic E-state index is 8.92. The molecule has 0 aromatic heterocycles. The molecule has 0 saturated carbocycles. The van der Waals surface area contributed by atoms with E-state index in [9.17, 15) is 0 Å². The van der Waals surface area contributed by atoms with E-state index < -0.39 is 0 Å². The van der Waals surface area contributed by atoms with E-state index in [2.05, 4.69) is 37.4 Å². The zero-order chi connectivity index (χ0) is 12.3. The molecule has 3 nitrogen and oxygen atoms in total. The Kier molecular flexibility index (Phi) is 4.02. The lowest BCUT2D eigenvalue weighted by Gasteiger charge is -2.23. The number of aliphatic hydroxyl groups excluding tert-OH is 1. The van der Waals surface area contributed by atoms with Crippen LogP contribution in [0.2, 0.25) is 0 Å². The molecule has 1 aliphatic rings. The van der Waals surface area contributed by atoms with Crippen molar-refractivity contribution < 1.29 is 9.84 Å². The molecule has 1 heterocycles. The summed E-state index contributed by atoms with van der Waals surface area (Å²) in [5.41, 5.74) is 2.59. The number of hydrogen-bond acceptors (Lipinski definition) is 3. The Labute approximate surface area is 103 Å².